The van der Waals surface area contributed by atoms with Gasteiger partial charge in [-0.05, 0) is 31.7 Å². The summed E-state index contributed by atoms with van der Waals surface area (Å²) in [6.07, 6.45) is 1.55. The number of amides is 1. The van der Waals surface area contributed by atoms with Crippen molar-refractivity contribution in [1.82, 2.24) is 15.1 Å². The van der Waals surface area contributed by atoms with E-state index in [2.05, 4.69) is 10.4 Å². The molecule has 0 spiro atoms. The van der Waals surface area contributed by atoms with Crippen LogP contribution in [0.5, 0.6) is 0 Å². The van der Waals surface area contributed by atoms with Gasteiger partial charge in [0.1, 0.15) is 6.04 Å². The van der Waals surface area contributed by atoms with E-state index in [0.29, 0.717) is 12.8 Å². The average molecular weight is 295 g/mol. The summed E-state index contributed by atoms with van der Waals surface area (Å²) in [7, 11) is 1.87. The number of aryl methyl sites for hydroxylation is 2. The van der Waals surface area contributed by atoms with E-state index >= 15 is 0 Å². The first-order valence-corrected chi connectivity index (χ1v) is 7.29. The van der Waals surface area contributed by atoms with Crippen molar-refractivity contribution >= 4 is 11.9 Å². The number of carbonyl (C=O) groups is 2. The van der Waals surface area contributed by atoms with Crippen LogP contribution in [-0.2, 0) is 23.1 Å². The fourth-order valence-electron chi connectivity index (χ4n) is 2.35. The predicted octanol–water partition coefficient (Wildman–Crippen LogP) is 1.59. The summed E-state index contributed by atoms with van der Waals surface area (Å²) in [6, 6.07) is -0.821. The van der Waals surface area contributed by atoms with E-state index in [4.69, 9.17) is 0 Å². The number of nitrogens with one attached hydrogen (secondary N) is 1. The molecule has 0 aliphatic carbocycles. The van der Waals surface area contributed by atoms with Gasteiger partial charge in [-0.25, -0.2) is 4.79 Å². The Balaban J connectivity index is 2.63. The fourth-order valence-corrected chi connectivity index (χ4v) is 2.35. The number of aliphatic carboxylic acids is 1. The first-order chi connectivity index (χ1) is 9.77. The largest absolute Gasteiger partial charge is 0.480 e. The number of hydrogen-bond acceptors (Lipinski definition) is 3. The maximum absolute atomic E-state index is 12.0. The van der Waals surface area contributed by atoms with Crippen LogP contribution in [0.25, 0.3) is 0 Å². The van der Waals surface area contributed by atoms with Crippen molar-refractivity contribution in [2.75, 3.05) is 0 Å². The van der Waals surface area contributed by atoms with E-state index in [1.807, 2.05) is 34.7 Å². The van der Waals surface area contributed by atoms with E-state index < -0.39 is 12.0 Å². The summed E-state index contributed by atoms with van der Waals surface area (Å²) < 4.78 is 1.79. The van der Waals surface area contributed by atoms with Gasteiger partial charge in [0.2, 0.25) is 5.91 Å². The minimum Gasteiger partial charge on any atom is -0.480 e. The number of aromatic nitrogens is 2. The Hall–Kier alpha value is -1.85. The van der Waals surface area contributed by atoms with Gasteiger partial charge in [-0.15, -0.1) is 0 Å². The van der Waals surface area contributed by atoms with Gasteiger partial charge in [0, 0.05) is 19.2 Å². The molecule has 0 aliphatic heterocycles. The van der Waals surface area contributed by atoms with Crippen molar-refractivity contribution in [1.29, 1.82) is 0 Å². The molecule has 2 N–H and O–H groups in total. The summed E-state index contributed by atoms with van der Waals surface area (Å²) in [5, 5.41) is 16.1. The third kappa shape index (κ3) is 4.31. The molecule has 0 bridgehead atoms. The topological polar surface area (TPSA) is 84.2 Å². The molecular weight excluding hydrogens is 270 g/mol. The van der Waals surface area contributed by atoms with Crippen molar-refractivity contribution in [3.05, 3.63) is 17.0 Å². The first kappa shape index (κ1) is 17.2. The second kappa shape index (κ2) is 7.24. The normalized spacial score (nSPS) is 13.8. The van der Waals surface area contributed by atoms with Gasteiger partial charge < -0.3 is 10.4 Å². The number of carboxylic acids is 1. The highest BCUT2D eigenvalue weighted by Gasteiger charge is 2.25. The zero-order valence-corrected chi connectivity index (χ0v) is 13.4. The predicted molar refractivity (Wildman–Crippen MR) is 80.0 cm³/mol. The Morgan fingerprint density at radius 2 is 2.00 bits per heavy atom. The Morgan fingerprint density at radius 3 is 2.43 bits per heavy atom. The lowest BCUT2D eigenvalue weighted by molar-refractivity contribution is -0.143. The third-order valence-electron chi connectivity index (χ3n) is 4.06. The smallest absolute Gasteiger partial charge is 0.326 e. The summed E-state index contributed by atoms with van der Waals surface area (Å²) in [4.78, 5) is 23.2. The first-order valence-electron chi connectivity index (χ1n) is 7.29. The van der Waals surface area contributed by atoms with Crippen molar-refractivity contribution in [2.45, 2.75) is 53.0 Å². The molecule has 1 amide bonds. The van der Waals surface area contributed by atoms with Crippen LogP contribution >= 0.6 is 0 Å². The summed E-state index contributed by atoms with van der Waals surface area (Å²) in [5.74, 6) is -1.30. The molecule has 0 saturated carbocycles. The molecule has 2 unspecified atom stereocenters. The van der Waals surface area contributed by atoms with E-state index in [0.717, 1.165) is 17.0 Å². The van der Waals surface area contributed by atoms with Crippen LogP contribution in [0.1, 0.15) is 43.6 Å². The lowest BCUT2D eigenvalue weighted by Gasteiger charge is -2.20. The van der Waals surface area contributed by atoms with Gasteiger partial charge in [-0.1, -0.05) is 20.3 Å². The van der Waals surface area contributed by atoms with E-state index in [1.54, 1.807) is 4.68 Å². The molecule has 0 aliphatic rings. The van der Waals surface area contributed by atoms with Gasteiger partial charge >= 0.3 is 5.97 Å². The molecule has 0 saturated heterocycles. The monoisotopic (exact) mass is 295 g/mol. The quantitative estimate of drug-likeness (QED) is 0.800. The van der Waals surface area contributed by atoms with Gasteiger partial charge in [-0.3, -0.25) is 9.48 Å². The van der Waals surface area contributed by atoms with Gasteiger partial charge in [0.15, 0.2) is 0 Å². The molecule has 1 aromatic heterocycles. The molecule has 6 heteroatoms. The van der Waals surface area contributed by atoms with Crippen LogP contribution in [0.4, 0.5) is 0 Å². The second-order valence-electron chi connectivity index (χ2n) is 5.54. The maximum Gasteiger partial charge on any atom is 0.326 e. The van der Waals surface area contributed by atoms with Gasteiger partial charge in [0.05, 0.1) is 5.69 Å². The third-order valence-corrected chi connectivity index (χ3v) is 4.06. The van der Waals surface area contributed by atoms with E-state index in [9.17, 15) is 14.7 Å². The number of hydrogen-bond donors (Lipinski definition) is 2. The molecule has 0 aromatic carbocycles. The van der Waals surface area contributed by atoms with Crippen LogP contribution in [0.2, 0.25) is 0 Å². The fraction of sp³-hybridized carbons (Fsp3) is 0.667. The molecule has 6 nitrogen and oxygen atoms in total. The average Bonchev–Trinajstić information content (AvgIpc) is 2.66. The van der Waals surface area contributed by atoms with E-state index in [1.165, 1.54) is 0 Å². The molecule has 2 atom stereocenters. The molecule has 1 heterocycles. The van der Waals surface area contributed by atoms with Crippen molar-refractivity contribution in [2.24, 2.45) is 13.0 Å². The molecular formula is C15H25N3O3. The lowest BCUT2D eigenvalue weighted by atomic mass is 9.99. The zero-order chi connectivity index (χ0) is 16.2. The Morgan fingerprint density at radius 1 is 1.38 bits per heavy atom. The van der Waals surface area contributed by atoms with Gasteiger partial charge in [0.25, 0.3) is 0 Å². The maximum atomic E-state index is 12.0. The number of rotatable bonds is 7. The Labute approximate surface area is 125 Å². The minimum absolute atomic E-state index is 0.0895. The van der Waals surface area contributed by atoms with Gasteiger partial charge in [-0.2, -0.15) is 5.10 Å². The lowest BCUT2D eigenvalue weighted by Crippen LogP contribution is -2.45. The highest BCUT2D eigenvalue weighted by atomic mass is 16.4. The highest BCUT2D eigenvalue weighted by Crippen LogP contribution is 2.14. The van der Waals surface area contributed by atoms with Crippen molar-refractivity contribution < 1.29 is 14.7 Å². The zero-order valence-electron chi connectivity index (χ0n) is 13.4. The molecule has 21 heavy (non-hydrogen) atoms. The minimum atomic E-state index is -0.980. The van der Waals surface area contributed by atoms with Crippen LogP contribution in [0.15, 0.2) is 0 Å². The van der Waals surface area contributed by atoms with Crippen molar-refractivity contribution in [3.8, 4) is 0 Å². The van der Waals surface area contributed by atoms with Crippen LogP contribution < -0.4 is 5.32 Å². The van der Waals surface area contributed by atoms with E-state index in [-0.39, 0.29) is 18.2 Å². The van der Waals surface area contributed by atoms with Crippen molar-refractivity contribution in [3.63, 3.8) is 0 Å². The Kier molecular flexibility index (Phi) is 5.93. The van der Waals surface area contributed by atoms with Crippen LogP contribution in [-0.4, -0.2) is 32.8 Å². The number of carboxylic acid groups (broad SMARTS) is 1. The molecule has 118 valence electrons. The van der Waals surface area contributed by atoms with Crippen LogP contribution in [0.3, 0.4) is 0 Å². The molecule has 0 radical (unpaired) electrons. The summed E-state index contributed by atoms with van der Waals surface area (Å²) in [6.45, 7) is 7.62. The standard InChI is InChI=1S/C15H25N3O3/c1-6-9(2)14(15(20)21)16-13(19)8-7-12-10(3)17-18(5)11(12)4/h9,14H,6-8H2,1-5H3,(H,16,19)(H,20,21). The number of carbonyl (C=O) groups excluding carboxylic acids is 1. The molecule has 1 aromatic rings. The Bertz CT molecular complexity index is 522. The molecule has 0 fully saturated rings. The summed E-state index contributed by atoms with van der Waals surface area (Å²) >= 11 is 0. The SMILES string of the molecule is CCC(C)C(NC(=O)CCc1c(C)nn(C)c1C)C(=O)O. The summed E-state index contributed by atoms with van der Waals surface area (Å²) in [5.41, 5.74) is 3.01. The second-order valence-corrected chi connectivity index (χ2v) is 5.54. The molecule has 1 rings (SSSR count). The van der Waals surface area contributed by atoms with Crippen LogP contribution in [0, 0.1) is 19.8 Å². The number of nitrogens with zero attached hydrogens (tertiary/aromatic N) is 2. The highest BCUT2D eigenvalue weighted by molar-refractivity contribution is 5.83.